The van der Waals surface area contributed by atoms with E-state index in [0.717, 1.165) is 19.3 Å². The number of hydrogen-bond donors (Lipinski definition) is 0. The van der Waals surface area contributed by atoms with Crippen LogP contribution in [0.25, 0.3) is 0 Å². The van der Waals surface area contributed by atoms with Gasteiger partial charge in [-0.1, -0.05) is 11.6 Å². The SMILES string of the molecule is CC(C)(C)OC(=O)CC(=O)CC1=CCCCC1. The maximum atomic E-state index is 11.7. The molecular formula is C14H22O3. The van der Waals surface area contributed by atoms with Crippen LogP contribution in [0.1, 0.15) is 59.3 Å². The number of Topliss-reactive ketones (excluding diaryl/α,β-unsaturated/α-hetero) is 1. The summed E-state index contributed by atoms with van der Waals surface area (Å²) in [5.74, 6) is -0.452. The molecule has 1 aliphatic carbocycles. The quantitative estimate of drug-likeness (QED) is 0.429. The topological polar surface area (TPSA) is 43.4 Å². The van der Waals surface area contributed by atoms with Crippen LogP contribution in [-0.4, -0.2) is 17.4 Å². The second kappa shape index (κ2) is 5.99. The molecular weight excluding hydrogens is 216 g/mol. The average Bonchev–Trinajstić information content (AvgIpc) is 2.15. The summed E-state index contributed by atoms with van der Waals surface area (Å²) in [5, 5.41) is 0. The smallest absolute Gasteiger partial charge is 0.313 e. The fourth-order valence-corrected chi connectivity index (χ4v) is 1.92. The van der Waals surface area contributed by atoms with Gasteiger partial charge in [0.15, 0.2) is 0 Å². The van der Waals surface area contributed by atoms with Crippen molar-refractivity contribution in [2.45, 2.75) is 64.9 Å². The van der Waals surface area contributed by atoms with Crippen molar-refractivity contribution in [1.82, 2.24) is 0 Å². The third kappa shape index (κ3) is 6.25. The van der Waals surface area contributed by atoms with Crippen LogP contribution in [0.15, 0.2) is 11.6 Å². The molecule has 3 heteroatoms. The molecule has 0 saturated heterocycles. The molecule has 0 spiro atoms. The van der Waals surface area contributed by atoms with E-state index in [1.807, 2.05) is 0 Å². The van der Waals surface area contributed by atoms with Crippen molar-refractivity contribution in [3.63, 3.8) is 0 Å². The van der Waals surface area contributed by atoms with Crippen LogP contribution in [0.4, 0.5) is 0 Å². The van der Waals surface area contributed by atoms with Crippen molar-refractivity contribution in [3.05, 3.63) is 11.6 Å². The first-order chi connectivity index (χ1) is 7.87. The van der Waals surface area contributed by atoms with E-state index in [2.05, 4.69) is 6.08 Å². The first kappa shape index (κ1) is 13.9. The van der Waals surface area contributed by atoms with Gasteiger partial charge in [-0.05, 0) is 46.5 Å². The summed E-state index contributed by atoms with van der Waals surface area (Å²) in [6.07, 6.45) is 6.88. The molecule has 0 aromatic heterocycles. The molecule has 96 valence electrons. The van der Waals surface area contributed by atoms with Crippen LogP contribution in [0.5, 0.6) is 0 Å². The van der Waals surface area contributed by atoms with E-state index in [1.165, 1.54) is 12.0 Å². The number of carbonyl (C=O) groups is 2. The highest BCUT2D eigenvalue weighted by atomic mass is 16.6. The Morgan fingerprint density at radius 1 is 1.29 bits per heavy atom. The second-order valence-electron chi connectivity index (χ2n) is 5.59. The van der Waals surface area contributed by atoms with Crippen molar-refractivity contribution in [2.75, 3.05) is 0 Å². The van der Waals surface area contributed by atoms with Gasteiger partial charge < -0.3 is 4.74 Å². The Hall–Kier alpha value is -1.12. The van der Waals surface area contributed by atoms with E-state index in [-0.39, 0.29) is 12.2 Å². The van der Waals surface area contributed by atoms with Gasteiger partial charge in [-0.3, -0.25) is 9.59 Å². The minimum atomic E-state index is -0.512. The van der Waals surface area contributed by atoms with Crippen LogP contribution in [0, 0.1) is 0 Å². The number of ether oxygens (including phenoxy) is 1. The summed E-state index contributed by atoms with van der Waals surface area (Å²) in [4.78, 5) is 23.1. The van der Waals surface area contributed by atoms with E-state index in [9.17, 15) is 9.59 Å². The fraction of sp³-hybridized carbons (Fsp3) is 0.714. The highest BCUT2D eigenvalue weighted by molar-refractivity contribution is 5.96. The van der Waals surface area contributed by atoms with Gasteiger partial charge in [0.1, 0.15) is 17.8 Å². The first-order valence-corrected chi connectivity index (χ1v) is 6.28. The van der Waals surface area contributed by atoms with Crippen LogP contribution in [0.3, 0.4) is 0 Å². The Kier molecular flexibility index (Phi) is 4.91. The summed E-state index contributed by atoms with van der Waals surface area (Å²) in [5.41, 5.74) is 0.673. The standard InChI is InChI=1S/C14H22O3/c1-14(2,3)17-13(16)10-12(15)9-11-7-5-4-6-8-11/h7H,4-6,8-10H2,1-3H3. The number of allylic oxidation sites excluding steroid dienone is 2. The molecule has 0 saturated carbocycles. The highest BCUT2D eigenvalue weighted by Crippen LogP contribution is 2.21. The Labute approximate surface area is 103 Å². The predicted molar refractivity (Wildman–Crippen MR) is 66.6 cm³/mol. The molecule has 0 bridgehead atoms. The summed E-state index contributed by atoms with van der Waals surface area (Å²) in [6.45, 7) is 5.41. The monoisotopic (exact) mass is 238 g/mol. The van der Waals surface area contributed by atoms with Gasteiger partial charge in [-0.25, -0.2) is 0 Å². The number of esters is 1. The summed E-state index contributed by atoms with van der Waals surface area (Å²) in [6, 6.07) is 0. The number of carbonyl (C=O) groups excluding carboxylic acids is 2. The number of hydrogen-bond acceptors (Lipinski definition) is 3. The number of rotatable bonds is 4. The Balaban J connectivity index is 2.34. The molecule has 17 heavy (non-hydrogen) atoms. The molecule has 3 nitrogen and oxygen atoms in total. The molecule has 0 fully saturated rings. The summed E-state index contributed by atoms with van der Waals surface area (Å²) in [7, 11) is 0. The third-order valence-corrected chi connectivity index (χ3v) is 2.57. The van der Waals surface area contributed by atoms with Crippen molar-refractivity contribution in [2.24, 2.45) is 0 Å². The van der Waals surface area contributed by atoms with Crippen LogP contribution in [0.2, 0.25) is 0 Å². The largest absolute Gasteiger partial charge is 0.460 e. The lowest BCUT2D eigenvalue weighted by atomic mass is 9.95. The van der Waals surface area contributed by atoms with E-state index >= 15 is 0 Å². The van der Waals surface area contributed by atoms with E-state index in [1.54, 1.807) is 20.8 Å². The van der Waals surface area contributed by atoms with Crippen LogP contribution < -0.4 is 0 Å². The van der Waals surface area contributed by atoms with E-state index in [0.29, 0.717) is 6.42 Å². The molecule has 0 atom stereocenters. The zero-order valence-corrected chi connectivity index (χ0v) is 11.0. The number of ketones is 1. The fourth-order valence-electron chi connectivity index (χ4n) is 1.92. The molecule has 0 radical (unpaired) electrons. The second-order valence-corrected chi connectivity index (χ2v) is 5.59. The van der Waals surface area contributed by atoms with E-state index in [4.69, 9.17) is 4.74 Å². The lowest BCUT2D eigenvalue weighted by molar-refractivity contribution is -0.156. The molecule has 0 amide bonds. The maximum Gasteiger partial charge on any atom is 0.313 e. The normalized spacial score (nSPS) is 16.3. The molecule has 0 aromatic rings. The molecule has 1 aliphatic rings. The van der Waals surface area contributed by atoms with Crippen molar-refractivity contribution in [1.29, 1.82) is 0 Å². The molecule has 1 rings (SSSR count). The zero-order chi connectivity index (χ0) is 12.9. The van der Waals surface area contributed by atoms with Crippen LogP contribution in [-0.2, 0) is 14.3 Å². The molecule has 0 aromatic carbocycles. The summed E-state index contributed by atoms with van der Waals surface area (Å²) >= 11 is 0. The van der Waals surface area contributed by atoms with Gasteiger partial charge in [0.05, 0.1) is 0 Å². The van der Waals surface area contributed by atoms with Gasteiger partial charge in [0.25, 0.3) is 0 Å². The Morgan fingerprint density at radius 3 is 2.53 bits per heavy atom. The van der Waals surface area contributed by atoms with Crippen LogP contribution >= 0.6 is 0 Å². The molecule has 0 N–H and O–H groups in total. The Bertz CT molecular complexity index is 321. The van der Waals surface area contributed by atoms with Crippen molar-refractivity contribution >= 4 is 11.8 Å². The minimum Gasteiger partial charge on any atom is -0.460 e. The van der Waals surface area contributed by atoms with Gasteiger partial charge in [0, 0.05) is 6.42 Å². The predicted octanol–water partition coefficient (Wildman–Crippen LogP) is 3.18. The van der Waals surface area contributed by atoms with Gasteiger partial charge in [-0.2, -0.15) is 0 Å². The third-order valence-electron chi connectivity index (χ3n) is 2.57. The molecule has 0 heterocycles. The zero-order valence-electron chi connectivity index (χ0n) is 11.0. The Morgan fingerprint density at radius 2 is 2.00 bits per heavy atom. The molecule has 0 aliphatic heterocycles. The van der Waals surface area contributed by atoms with Crippen molar-refractivity contribution < 1.29 is 14.3 Å². The van der Waals surface area contributed by atoms with Crippen molar-refractivity contribution in [3.8, 4) is 0 Å². The first-order valence-electron chi connectivity index (χ1n) is 6.28. The van der Waals surface area contributed by atoms with Gasteiger partial charge in [-0.15, -0.1) is 0 Å². The highest BCUT2D eigenvalue weighted by Gasteiger charge is 2.19. The molecule has 0 unspecified atom stereocenters. The lowest BCUT2D eigenvalue weighted by Crippen LogP contribution is -2.25. The lowest BCUT2D eigenvalue weighted by Gasteiger charge is -2.19. The van der Waals surface area contributed by atoms with Gasteiger partial charge in [0.2, 0.25) is 0 Å². The summed E-state index contributed by atoms with van der Waals surface area (Å²) < 4.78 is 5.12. The van der Waals surface area contributed by atoms with Gasteiger partial charge >= 0.3 is 5.97 Å². The average molecular weight is 238 g/mol. The van der Waals surface area contributed by atoms with E-state index < -0.39 is 11.6 Å². The minimum absolute atomic E-state index is 0.0348. The maximum absolute atomic E-state index is 11.7.